The summed E-state index contributed by atoms with van der Waals surface area (Å²) in [5.74, 6) is 0.259. The summed E-state index contributed by atoms with van der Waals surface area (Å²) in [6.07, 6.45) is 1.77. The van der Waals surface area contributed by atoms with Crippen LogP contribution in [0, 0.1) is 19.8 Å². The Hall–Kier alpha value is -1.19. The van der Waals surface area contributed by atoms with E-state index in [4.69, 9.17) is 0 Å². The van der Waals surface area contributed by atoms with Crippen LogP contribution in [0.1, 0.15) is 21.8 Å². The van der Waals surface area contributed by atoms with Crippen molar-refractivity contribution in [3.8, 4) is 0 Å². The fraction of sp³-hybridized carbons (Fsp3) is 0.400. The lowest BCUT2D eigenvalue weighted by molar-refractivity contribution is 0.224. The lowest BCUT2D eigenvalue weighted by Crippen LogP contribution is -2.13. The fourth-order valence-electron chi connectivity index (χ4n) is 2.06. The number of hydrogen-bond acceptors (Lipinski definition) is 3. The van der Waals surface area contributed by atoms with E-state index < -0.39 is 0 Å². The highest BCUT2D eigenvalue weighted by Crippen LogP contribution is 2.17. The Morgan fingerprint density at radius 2 is 1.89 bits per heavy atom. The molecule has 0 fully saturated rings. The Balaban J connectivity index is 1.99. The number of rotatable bonds is 5. The standard InChI is InChI=1S/C15H19NOS/c1-11-3-5-13(6-4-11)7-14(9-17)8-15-10-18-12(2)16-15/h3-6,10,14,17H,7-9H2,1-2H3. The van der Waals surface area contributed by atoms with Crippen LogP contribution in [0.3, 0.4) is 0 Å². The summed E-state index contributed by atoms with van der Waals surface area (Å²) in [6, 6.07) is 8.53. The molecule has 1 heterocycles. The molecule has 96 valence electrons. The zero-order valence-corrected chi connectivity index (χ0v) is 11.7. The normalized spacial score (nSPS) is 12.6. The van der Waals surface area contributed by atoms with E-state index in [2.05, 4.69) is 41.6 Å². The highest BCUT2D eigenvalue weighted by atomic mass is 32.1. The van der Waals surface area contributed by atoms with Crippen molar-refractivity contribution in [1.82, 2.24) is 4.98 Å². The maximum atomic E-state index is 9.49. The SMILES string of the molecule is Cc1ccc(CC(CO)Cc2csc(C)n2)cc1. The molecule has 0 bridgehead atoms. The van der Waals surface area contributed by atoms with Gasteiger partial charge >= 0.3 is 0 Å². The van der Waals surface area contributed by atoms with Crippen LogP contribution >= 0.6 is 11.3 Å². The van der Waals surface area contributed by atoms with Crippen LogP contribution in [0.25, 0.3) is 0 Å². The van der Waals surface area contributed by atoms with E-state index in [1.54, 1.807) is 11.3 Å². The lowest BCUT2D eigenvalue weighted by Gasteiger charge is -2.13. The van der Waals surface area contributed by atoms with Gasteiger partial charge < -0.3 is 5.11 Å². The van der Waals surface area contributed by atoms with E-state index >= 15 is 0 Å². The molecule has 3 heteroatoms. The zero-order valence-electron chi connectivity index (χ0n) is 10.9. The van der Waals surface area contributed by atoms with Crippen LogP contribution in [-0.4, -0.2) is 16.7 Å². The minimum absolute atomic E-state index is 0.213. The number of nitrogens with zero attached hydrogens (tertiary/aromatic N) is 1. The third-order valence-electron chi connectivity index (χ3n) is 3.07. The van der Waals surface area contributed by atoms with Crippen LogP contribution in [0.5, 0.6) is 0 Å². The van der Waals surface area contributed by atoms with Crippen molar-refractivity contribution in [2.75, 3.05) is 6.61 Å². The third-order valence-corrected chi connectivity index (χ3v) is 3.89. The van der Waals surface area contributed by atoms with Crippen LogP contribution in [0.15, 0.2) is 29.6 Å². The number of aliphatic hydroxyl groups is 1. The Labute approximate surface area is 112 Å². The second kappa shape index (κ2) is 6.12. The van der Waals surface area contributed by atoms with Gasteiger partial charge in [-0.1, -0.05) is 29.8 Å². The van der Waals surface area contributed by atoms with Crippen LogP contribution in [0.4, 0.5) is 0 Å². The molecule has 2 rings (SSSR count). The van der Waals surface area contributed by atoms with Crippen molar-refractivity contribution in [2.24, 2.45) is 5.92 Å². The van der Waals surface area contributed by atoms with E-state index in [1.807, 2.05) is 6.92 Å². The van der Waals surface area contributed by atoms with Gasteiger partial charge in [-0.25, -0.2) is 4.98 Å². The molecular weight excluding hydrogens is 242 g/mol. The van der Waals surface area contributed by atoms with Crippen LogP contribution < -0.4 is 0 Å². The van der Waals surface area contributed by atoms with Crippen molar-refractivity contribution in [1.29, 1.82) is 0 Å². The molecule has 2 aromatic rings. The molecule has 1 aromatic heterocycles. The Bertz CT molecular complexity index is 489. The summed E-state index contributed by atoms with van der Waals surface area (Å²) < 4.78 is 0. The smallest absolute Gasteiger partial charge is 0.0897 e. The summed E-state index contributed by atoms with van der Waals surface area (Å²) in [5, 5.41) is 12.7. The van der Waals surface area contributed by atoms with Gasteiger partial charge in [0.25, 0.3) is 0 Å². The van der Waals surface area contributed by atoms with Crippen molar-refractivity contribution in [3.05, 3.63) is 51.5 Å². The molecule has 0 amide bonds. The van der Waals surface area contributed by atoms with E-state index in [0.29, 0.717) is 0 Å². The van der Waals surface area contributed by atoms with E-state index in [0.717, 1.165) is 23.5 Å². The number of benzene rings is 1. The zero-order chi connectivity index (χ0) is 13.0. The van der Waals surface area contributed by atoms with E-state index in [1.165, 1.54) is 11.1 Å². The van der Waals surface area contributed by atoms with Crippen molar-refractivity contribution in [2.45, 2.75) is 26.7 Å². The van der Waals surface area contributed by atoms with Gasteiger partial charge in [0, 0.05) is 12.0 Å². The summed E-state index contributed by atoms with van der Waals surface area (Å²) in [7, 11) is 0. The lowest BCUT2D eigenvalue weighted by atomic mass is 9.95. The minimum atomic E-state index is 0.213. The summed E-state index contributed by atoms with van der Waals surface area (Å²) in [4.78, 5) is 4.46. The van der Waals surface area contributed by atoms with Gasteiger partial charge in [0.2, 0.25) is 0 Å². The first kappa shape index (κ1) is 13.2. The predicted octanol–water partition coefficient (Wildman–Crippen LogP) is 3.15. The van der Waals surface area contributed by atoms with Gasteiger partial charge in [0.05, 0.1) is 10.7 Å². The summed E-state index contributed by atoms with van der Waals surface area (Å²) in [6.45, 7) is 4.32. The number of thiazole rings is 1. The maximum absolute atomic E-state index is 9.49. The molecule has 0 aliphatic carbocycles. The van der Waals surface area contributed by atoms with Gasteiger partial charge in [0.15, 0.2) is 0 Å². The van der Waals surface area contributed by atoms with Crippen LogP contribution in [0.2, 0.25) is 0 Å². The molecule has 0 saturated heterocycles. The molecule has 0 aliphatic heterocycles. The Morgan fingerprint density at radius 1 is 1.17 bits per heavy atom. The molecule has 1 unspecified atom stereocenters. The van der Waals surface area contributed by atoms with E-state index in [9.17, 15) is 5.11 Å². The number of aliphatic hydroxyl groups excluding tert-OH is 1. The molecule has 0 radical (unpaired) electrons. The summed E-state index contributed by atoms with van der Waals surface area (Å²) >= 11 is 1.67. The molecule has 2 nitrogen and oxygen atoms in total. The Kier molecular flexibility index (Phi) is 4.50. The third kappa shape index (κ3) is 3.65. The topological polar surface area (TPSA) is 33.1 Å². The highest BCUT2D eigenvalue weighted by molar-refractivity contribution is 7.09. The first-order valence-corrected chi connectivity index (χ1v) is 7.12. The van der Waals surface area contributed by atoms with Gasteiger partial charge in [-0.2, -0.15) is 0 Å². The van der Waals surface area contributed by atoms with Gasteiger partial charge in [0.1, 0.15) is 0 Å². The number of aryl methyl sites for hydroxylation is 2. The van der Waals surface area contributed by atoms with Gasteiger partial charge in [-0.15, -0.1) is 11.3 Å². The molecule has 0 aliphatic rings. The molecule has 1 N–H and O–H groups in total. The van der Waals surface area contributed by atoms with Crippen LogP contribution in [-0.2, 0) is 12.8 Å². The number of hydrogen-bond donors (Lipinski definition) is 1. The van der Waals surface area contributed by atoms with Crippen molar-refractivity contribution >= 4 is 11.3 Å². The minimum Gasteiger partial charge on any atom is -0.396 e. The van der Waals surface area contributed by atoms with Crippen molar-refractivity contribution < 1.29 is 5.11 Å². The second-order valence-corrected chi connectivity index (χ2v) is 5.86. The molecule has 0 spiro atoms. The second-order valence-electron chi connectivity index (χ2n) is 4.80. The number of aromatic nitrogens is 1. The molecule has 1 aromatic carbocycles. The molecule has 0 saturated carbocycles. The first-order chi connectivity index (χ1) is 8.67. The van der Waals surface area contributed by atoms with Gasteiger partial charge in [-0.05, 0) is 38.2 Å². The molecule has 1 atom stereocenters. The van der Waals surface area contributed by atoms with Gasteiger partial charge in [-0.3, -0.25) is 0 Å². The molecular formula is C15H19NOS. The summed E-state index contributed by atoms with van der Waals surface area (Å²) in [5.41, 5.74) is 3.66. The average Bonchev–Trinajstić information content (AvgIpc) is 2.77. The first-order valence-electron chi connectivity index (χ1n) is 6.25. The predicted molar refractivity (Wildman–Crippen MR) is 76.0 cm³/mol. The van der Waals surface area contributed by atoms with Crippen molar-refractivity contribution in [3.63, 3.8) is 0 Å². The quantitative estimate of drug-likeness (QED) is 0.897. The van der Waals surface area contributed by atoms with E-state index in [-0.39, 0.29) is 12.5 Å². The fourth-order valence-corrected chi connectivity index (χ4v) is 2.68. The molecule has 18 heavy (non-hydrogen) atoms. The highest BCUT2D eigenvalue weighted by Gasteiger charge is 2.11. The monoisotopic (exact) mass is 261 g/mol. The maximum Gasteiger partial charge on any atom is 0.0897 e. The largest absolute Gasteiger partial charge is 0.396 e. The average molecular weight is 261 g/mol. The Morgan fingerprint density at radius 3 is 2.44 bits per heavy atom.